The lowest BCUT2D eigenvalue weighted by Gasteiger charge is -2.08. The number of carbonyl (C=O) groups excluding carboxylic acids is 1. The predicted octanol–water partition coefficient (Wildman–Crippen LogP) is 3.03. The Hall–Kier alpha value is -2.60. The Labute approximate surface area is 131 Å². The molecule has 0 aliphatic heterocycles. The van der Waals surface area contributed by atoms with Gasteiger partial charge in [-0.2, -0.15) is 0 Å². The van der Waals surface area contributed by atoms with E-state index >= 15 is 0 Å². The first-order valence-corrected chi connectivity index (χ1v) is 7.10. The lowest BCUT2D eigenvalue weighted by molar-refractivity contribution is 0.102. The molecule has 0 saturated carbocycles. The van der Waals surface area contributed by atoms with Gasteiger partial charge in [0.15, 0.2) is 5.65 Å². The molecule has 1 amide bonds. The zero-order valence-corrected chi connectivity index (χ0v) is 12.5. The van der Waals surface area contributed by atoms with Gasteiger partial charge < -0.3 is 4.74 Å². The summed E-state index contributed by atoms with van der Waals surface area (Å²) in [6, 6.07) is 12.1. The fourth-order valence-electron chi connectivity index (χ4n) is 2.06. The second-order valence-electron chi connectivity index (χ2n) is 4.48. The Morgan fingerprint density at radius 3 is 2.86 bits per heavy atom. The second-order valence-corrected chi connectivity index (χ2v) is 4.92. The number of carbonyl (C=O) groups is 1. The van der Waals surface area contributed by atoms with Crippen molar-refractivity contribution in [3.63, 3.8) is 0 Å². The zero-order chi connectivity index (χ0) is 15.5. The average Bonchev–Trinajstić information content (AvgIpc) is 2.92. The maximum Gasteiger partial charge on any atom is 0.258 e. The van der Waals surface area contributed by atoms with E-state index in [1.54, 1.807) is 40.8 Å². The number of ether oxygens (including phenoxy) is 1. The van der Waals surface area contributed by atoms with Crippen LogP contribution in [-0.2, 0) is 0 Å². The maximum absolute atomic E-state index is 12.3. The van der Waals surface area contributed by atoms with Crippen molar-refractivity contribution in [2.24, 2.45) is 0 Å². The van der Waals surface area contributed by atoms with Gasteiger partial charge in [0.2, 0.25) is 11.8 Å². The summed E-state index contributed by atoms with van der Waals surface area (Å²) in [5.41, 5.74) is 1.03. The molecule has 2 heterocycles. The number of nitrogens with one attached hydrogen (secondary N) is 1. The number of rotatable bonds is 4. The lowest BCUT2D eigenvalue weighted by Crippen LogP contribution is -2.14. The smallest absolute Gasteiger partial charge is 0.258 e. The van der Waals surface area contributed by atoms with E-state index in [-0.39, 0.29) is 5.91 Å². The van der Waals surface area contributed by atoms with Crippen LogP contribution in [0.1, 0.15) is 17.3 Å². The van der Waals surface area contributed by atoms with Gasteiger partial charge in [-0.3, -0.25) is 10.1 Å². The normalized spacial score (nSPS) is 10.6. The van der Waals surface area contributed by atoms with E-state index in [9.17, 15) is 4.79 Å². The summed E-state index contributed by atoms with van der Waals surface area (Å²) in [6.07, 6.45) is 0. The number of hydrogen-bond donors (Lipinski definition) is 1. The minimum absolute atomic E-state index is 0.295. The molecule has 2 aromatic heterocycles. The number of pyridine rings is 1. The van der Waals surface area contributed by atoms with Crippen molar-refractivity contribution in [1.29, 1.82) is 0 Å². The molecular formula is C15H13ClN4O2. The first-order chi connectivity index (χ1) is 10.7. The quantitative estimate of drug-likeness (QED) is 0.803. The van der Waals surface area contributed by atoms with E-state index in [2.05, 4.69) is 15.5 Å². The molecule has 0 aliphatic carbocycles. The first kappa shape index (κ1) is 14.3. The molecule has 1 aromatic carbocycles. The Bertz CT molecular complexity index is 831. The highest BCUT2D eigenvalue weighted by atomic mass is 35.5. The summed E-state index contributed by atoms with van der Waals surface area (Å²) in [5.74, 6) is 0.540. The Morgan fingerprint density at radius 1 is 1.27 bits per heavy atom. The molecule has 0 saturated heterocycles. The van der Waals surface area contributed by atoms with E-state index in [4.69, 9.17) is 16.3 Å². The van der Waals surface area contributed by atoms with Crippen LogP contribution in [0.4, 0.5) is 5.95 Å². The van der Waals surface area contributed by atoms with Crippen LogP contribution in [0.5, 0.6) is 5.88 Å². The van der Waals surface area contributed by atoms with Gasteiger partial charge in [0.05, 0.1) is 6.61 Å². The van der Waals surface area contributed by atoms with Gasteiger partial charge in [0, 0.05) is 10.6 Å². The highest BCUT2D eigenvalue weighted by molar-refractivity contribution is 6.31. The molecule has 3 rings (SSSR count). The molecule has 1 N–H and O–H groups in total. The largest absolute Gasteiger partial charge is 0.479 e. The third kappa shape index (κ3) is 2.73. The van der Waals surface area contributed by atoms with Gasteiger partial charge in [-0.25, -0.2) is 4.40 Å². The summed E-state index contributed by atoms with van der Waals surface area (Å²) in [6.45, 7) is 2.38. The molecule has 22 heavy (non-hydrogen) atoms. The second kappa shape index (κ2) is 6.03. The molecule has 0 bridgehead atoms. The van der Waals surface area contributed by atoms with Crippen molar-refractivity contribution in [3.05, 3.63) is 53.1 Å². The van der Waals surface area contributed by atoms with Crippen molar-refractivity contribution in [2.45, 2.75) is 6.92 Å². The van der Waals surface area contributed by atoms with Crippen LogP contribution in [0.15, 0.2) is 42.5 Å². The van der Waals surface area contributed by atoms with Crippen LogP contribution in [0.2, 0.25) is 5.02 Å². The monoisotopic (exact) mass is 316 g/mol. The Kier molecular flexibility index (Phi) is 3.93. The third-order valence-corrected chi connectivity index (χ3v) is 3.23. The number of nitrogens with zero attached hydrogens (tertiary/aromatic N) is 3. The average molecular weight is 317 g/mol. The van der Waals surface area contributed by atoms with Gasteiger partial charge in [-0.05, 0) is 37.3 Å². The molecule has 3 aromatic rings. The van der Waals surface area contributed by atoms with E-state index in [0.717, 1.165) is 0 Å². The molecule has 0 aliphatic rings. The number of aromatic nitrogens is 3. The molecule has 0 spiro atoms. The van der Waals surface area contributed by atoms with Crippen LogP contribution in [0, 0.1) is 0 Å². The van der Waals surface area contributed by atoms with Gasteiger partial charge in [-0.15, -0.1) is 10.2 Å². The summed E-state index contributed by atoms with van der Waals surface area (Å²) in [7, 11) is 0. The Balaban J connectivity index is 1.95. The van der Waals surface area contributed by atoms with Crippen LogP contribution < -0.4 is 10.1 Å². The van der Waals surface area contributed by atoms with Gasteiger partial charge in [0.1, 0.15) is 0 Å². The van der Waals surface area contributed by atoms with E-state index in [1.165, 1.54) is 0 Å². The predicted molar refractivity (Wildman–Crippen MR) is 83.6 cm³/mol. The molecule has 0 fully saturated rings. The van der Waals surface area contributed by atoms with Crippen LogP contribution >= 0.6 is 11.6 Å². The van der Waals surface area contributed by atoms with Crippen molar-refractivity contribution >= 4 is 29.1 Å². The SMILES string of the molecule is CCOc1cccc2nnc(NC(=O)c3cccc(Cl)c3)n12. The molecule has 6 nitrogen and oxygen atoms in total. The standard InChI is InChI=1S/C15H13ClN4O2/c1-2-22-13-8-4-7-12-18-19-15(20(12)13)17-14(21)10-5-3-6-11(16)9-10/h3-9H,2H2,1H3,(H,17,19,21). The first-order valence-electron chi connectivity index (χ1n) is 6.73. The third-order valence-electron chi connectivity index (χ3n) is 3.00. The van der Waals surface area contributed by atoms with Crippen molar-refractivity contribution in [2.75, 3.05) is 11.9 Å². The van der Waals surface area contributed by atoms with Gasteiger partial charge in [-0.1, -0.05) is 23.7 Å². The van der Waals surface area contributed by atoms with Gasteiger partial charge in [0.25, 0.3) is 5.91 Å². The molecule has 7 heteroatoms. The molecule has 0 radical (unpaired) electrons. The topological polar surface area (TPSA) is 68.5 Å². The summed E-state index contributed by atoms with van der Waals surface area (Å²) >= 11 is 5.90. The fourth-order valence-corrected chi connectivity index (χ4v) is 2.25. The van der Waals surface area contributed by atoms with Crippen molar-refractivity contribution < 1.29 is 9.53 Å². The number of halogens is 1. The zero-order valence-electron chi connectivity index (χ0n) is 11.8. The maximum atomic E-state index is 12.3. The number of benzene rings is 1. The summed E-state index contributed by atoms with van der Waals surface area (Å²) in [4.78, 5) is 12.3. The van der Waals surface area contributed by atoms with Crippen molar-refractivity contribution in [1.82, 2.24) is 14.6 Å². The summed E-state index contributed by atoms with van der Waals surface area (Å²) < 4.78 is 7.18. The van der Waals surface area contributed by atoms with Crippen LogP contribution in [0.25, 0.3) is 5.65 Å². The highest BCUT2D eigenvalue weighted by Crippen LogP contribution is 2.19. The minimum Gasteiger partial charge on any atom is -0.479 e. The lowest BCUT2D eigenvalue weighted by atomic mass is 10.2. The minimum atomic E-state index is -0.317. The number of hydrogen-bond acceptors (Lipinski definition) is 4. The fraction of sp³-hybridized carbons (Fsp3) is 0.133. The molecular weight excluding hydrogens is 304 g/mol. The van der Waals surface area contributed by atoms with Crippen LogP contribution in [0.3, 0.4) is 0 Å². The summed E-state index contributed by atoms with van der Waals surface area (Å²) in [5, 5.41) is 11.2. The molecule has 112 valence electrons. The highest BCUT2D eigenvalue weighted by Gasteiger charge is 2.14. The molecule has 0 atom stereocenters. The van der Waals surface area contributed by atoms with E-state index < -0.39 is 0 Å². The van der Waals surface area contributed by atoms with Crippen LogP contribution in [-0.4, -0.2) is 27.1 Å². The number of anilines is 1. The van der Waals surface area contributed by atoms with E-state index in [1.807, 2.05) is 13.0 Å². The number of amides is 1. The molecule has 0 unspecified atom stereocenters. The number of fused-ring (bicyclic) bond motifs is 1. The Morgan fingerprint density at radius 2 is 2.09 bits per heavy atom. The van der Waals surface area contributed by atoms with E-state index in [0.29, 0.717) is 34.7 Å². The van der Waals surface area contributed by atoms with Gasteiger partial charge >= 0.3 is 0 Å². The van der Waals surface area contributed by atoms with Crippen molar-refractivity contribution in [3.8, 4) is 5.88 Å².